The van der Waals surface area contributed by atoms with Crippen molar-refractivity contribution >= 4 is 0 Å². The molecule has 1 aliphatic heterocycles. The van der Waals surface area contributed by atoms with Gasteiger partial charge in [0.25, 0.3) is 0 Å². The van der Waals surface area contributed by atoms with Crippen molar-refractivity contribution in [2.24, 2.45) is 0 Å². The van der Waals surface area contributed by atoms with Gasteiger partial charge in [0.15, 0.2) is 5.88 Å². The zero-order chi connectivity index (χ0) is 8.27. The molecule has 3 nitrogen and oxygen atoms in total. The minimum absolute atomic E-state index is 0.0746. The van der Waals surface area contributed by atoms with Gasteiger partial charge < -0.3 is 15.7 Å². The fourth-order valence-electron chi connectivity index (χ4n) is 1.46. The summed E-state index contributed by atoms with van der Waals surface area (Å²) >= 11 is 0. The molecule has 1 saturated heterocycles. The molecule has 0 aromatic rings. The number of hydrogen-bond donors (Lipinski definition) is 3. The summed E-state index contributed by atoms with van der Waals surface area (Å²) in [7, 11) is 0. The van der Waals surface area contributed by atoms with Gasteiger partial charge in [-0.15, -0.1) is 0 Å². The molecule has 1 fully saturated rings. The van der Waals surface area contributed by atoms with Crippen LogP contribution >= 0.6 is 0 Å². The Hall–Kier alpha value is -0.700. The van der Waals surface area contributed by atoms with E-state index in [1.807, 2.05) is 0 Å². The van der Waals surface area contributed by atoms with E-state index in [1.165, 1.54) is 0 Å². The van der Waals surface area contributed by atoms with Crippen molar-refractivity contribution < 1.29 is 5.11 Å². The molecular formula is C8H16N2O. The summed E-state index contributed by atoms with van der Waals surface area (Å²) in [6, 6.07) is 0.758. The Bertz CT molecular complexity index is 147. The standard InChI is InChI=1S/C8H16N2O/c1-6-8(10-7(2)11)4-3-5-9-6/h6,8-11H,2-5H2,1H3. The lowest BCUT2D eigenvalue weighted by molar-refractivity contribution is 0.277. The highest BCUT2D eigenvalue weighted by Crippen LogP contribution is 2.08. The second-order valence-corrected chi connectivity index (χ2v) is 3.08. The second-order valence-electron chi connectivity index (χ2n) is 3.08. The summed E-state index contributed by atoms with van der Waals surface area (Å²) in [5.74, 6) is 0.0746. The van der Waals surface area contributed by atoms with E-state index in [-0.39, 0.29) is 5.88 Å². The van der Waals surface area contributed by atoms with Crippen molar-refractivity contribution in [2.75, 3.05) is 6.54 Å². The zero-order valence-electron chi connectivity index (χ0n) is 6.93. The van der Waals surface area contributed by atoms with Gasteiger partial charge in [-0.25, -0.2) is 0 Å². The van der Waals surface area contributed by atoms with Crippen LogP contribution in [0, 0.1) is 0 Å². The fraction of sp³-hybridized carbons (Fsp3) is 0.750. The molecule has 0 radical (unpaired) electrons. The van der Waals surface area contributed by atoms with Crippen molar-refractivity contribution in [1.82, 2.24) is 10.6 Å². The molecule has 2 atom stereocenters. The predicted octanol–water partition coefficient (Wildman–Crippen LogP) is 0.746. The monoisotopic (exact) mass is 156 g/mol. The molecular weight excluding hydrogens is 140 g/mol. The summed E-state index contributed by atoms with van der Waals surface area (Å²) in [6.45, 7) is 6.59. The van der Waals surface area contributed by atoms with Crippen LogP contribution in [0.2, 0.25) is 0 Å². The predicted molar refractivity (Wildman–Crippen MR) is 45.4 cm³/mol. The Morgan fingerprint density at radius 2 is 2.45 bits per heavy atom. The van der Waals surface area contributed by atoms with Crippen LogP contribution in [-0.4, -0.2) is 23.7 Å². The zero-order valence-corrected chi connectivity index (χ0v) is 6.93. The van der Waals surface area contributed by atoms with Crippen molar-refractivity contribution in [2.45, 2.75) is 31.8 Å². The molecule has 1 rings (SSSR count). The minimum atomic E-state index is 0.0746. The molecule has 11 heavy (non-hydrogen) atoms. The average Bonchev–Trinajstić information content (AvgIpc) is 1.93. The molecule has 0 aromatic carbocycles. The Kier molecular flexibility index (Phi) is 2.76. The lowest BCUT2D eigenvalue weighted by atomic mass is 10.0. The molecule has 1 heterocycles. The maximum absolute atomic E-state index is 8.89. The molecule has 3 N–H and O–H groups in total. The summed E-state index contributed by atoms with van der Waals surface area (Å²) in [5, 5.41) is 15.1. The molecule has 1 aliphatic rings. The van der Waals surface area contributed by atoms with E-state index in [4.69, 9.17) is 5.11 Å². The largest absolute Gasteiger partial charge is 0.495 e. The molecule has 0 amide bonds. The fourth-order valence-corrected chi connectivity index (χ4v) is 1.46. The summed E-state index contributed by atoms with van der Waals surface area (Å²) in [6.07, 6.45) is 2.27. The van der Waals surface area contributed by atoms with Crippen LogP contribution in [0.3, 0.4) is 0 Å². The van der Waals surface area contributed by atoms with Crippen LogP contribution in [0.1, 0.15) is 19.8 Å². The number of aliphatic hydroxyl groups is 1. The van der Waals surface area contributed by atoms with Crippen molar-refractivity contribution in [3.63, 3.8) is 0 Å². The Morgan fingerprint density at radius 1 is 1.73 bits per heavy atom. The first-order chi connectivity index (χ1) is 5.20. The molecule has 0 aromatic heterocycles. The van der Waals surface area contributed by atoms with E-state index < -0.39 is 0 Å². The van der Waals surface area contributed by atoms with Gasteiger partial charge in [0, 0.05) is 12.1 Å². The molecule has 0 spiro atoms. The quantitative estimate of drug-likeness (QED) is 0.517. The van der Waals surface area contributed by atoms with Gasteiger partial charge in [0.1, 0.15) is 0 Å². The maximum Gasteiger partial charge on any atom is 0.176 e. The van der Waals surface area contributed by atoms with Crippen LogP contribution in [0.5, 0.6) is 0 Å². The van der Waals surface area contributed by atoms with E-state index in [1.54, 1.807) is 0 Å². The topological polar surface area (TPSA) is 44.3 Å². The van der Waals surface area contributed by atoms with Crippen molar-refractivity contribution in [3.8, 4) is 0 Å². The smallest absolute Gasteiger partial charge is 0.176 e. The summed E-state index contributed by atoms with van der Waals surface area (Å²) in [5.41, 5.74) is 0. The number of piperidine rings is 1. The van der Waals surface area contributed by atoms with Crippen LogP contribution in [0.4, 0.5) is 0 Å². The van der Waals surface area contributed by atoms with Gasteiger partial charge >= 0.3 is 0 Å². The highest BCUT2D eigenvalue weighted by molar-refractivity contribution is 4.89. The molecule has 0 saturated carbocycles. The van der Waals surface area contributed by atoms with E-state index in [9.17, 15) is 0 Å². The third-order valence-corrected chi connectivity index (χ3v) is 2.11. The van der Waals surface area contributed by atoms with E-state index in [0.717, 1.165) is 19.4 Å². The van der Waals surface area contributed by atoms with Crippen molar-refractivity contribution in [3.05, 3.63) is 12.5 Å². The second kappa shape index (κ2) is 3.62. The van der Waals surface area contributed by atoms with Gasteiger partial charge in [-0.3, -0.25) is 0 Å². The van der Waals surface area contributed by atoms with Gasteiger partial charge in [-0.2, -0.15) is 0 Å². The lowest BCUT2D eigenvalue weighted by Crippen LogP contribution is -2.49. The van der Waals surface area contributed by atoms with Crippen LogP contribution < -0.4 is 10.6 Å². The Balaban J connectivity index is 2.35. The highest BCUT2D eigenvalue weighted by Gasteiger charge is 2.20. The normalized spacial score (nSPS) is 31.4. The SMILES string of the molecule is C=C(O)NC1CCCNC1C. The molecule has 2 unspecified atom stereocenters. The van der Waals surface area contributed by atoms with Crippen LogP contribution in [0.15, 0.2) is 12.5 Å². The van der Waals surface area contributed by atoms with Crippen LogP contribution in [0.25, 0.3) is 0 Å². The molecule has 3 heteroatoms. The maximum atomic E-state index is 8.89. The lowest BCUT2D eigenvalue weighted by Gasteiger charge is -2.30. The number of rotatable bonds is 2. The van der Waals surface area contributed by atoms with Gasteiger partial charge in [-0.05, 0) is 32.9 Å². The third kappa shape index (κ3) is 2.42. The van der Waals surface area contributed by atoms with E-state index in [0.29, 0.717) is 12.1 Å². The highest BCUT2D eigenvalue weighted by atomic mass is 16.3. The van der Waals surface area contributed by atoms with Crippen LogP contribution in [-0.2, 0) is 0 Å². The van der Waals surface area contributed by atoms with Gasteiger partial charge in [-0.1, -0.05) is 0 Å². The third-order valence-electron chi connectivity index (χ3n) is 2.11. The van der Waals surface area contributed by atoms with Gasteiger partial charge in [0.2, 0.25) is 0 Å². The Morgan fingerprint density at radius 3 is 3.00 bits per heavy atom. The minimum Gasteiger partial charge on any atom is -0.495 e. The van der Waals surface area contributed by atoms with Crippen molar-refractivity contribution in [1.29, 1.82) is 0 Å². The number of aliphatic hydroxyl groups excluding tert-OH is 1. The number of hydrogen-bond acceptors (Lipinski definition) is 3. The molecule has 0 aliphatic carbocycles. The average molecular weight is 156 g/mol. The number of nitrogens with one attached hydrogen (secondary N) is 2. The first kappa shape index (κ1) is 8.40. The van der Waals surface area contributed by atoms with Gasteiger partial charge in [0.05, 0.1) is 0 Å². The summed E-state index contributed by atoms with van der Waals surface area (Å²) < 4.78 is 0. The van der Waals surface area contributed by atoms with E-state index in [2.05, 4.69) is 24.1 Å². The first-order valence-corrected chi connectivity index (χ1v) is 4.08. The molecule has 64 valence electrons. The van der Waals surface area contributed by atoms with E-state index >= 15 is 0 Å². The summed E-state index contributed by atoms with van der Waals surface area (Å²) in [4.78, 5) is 0. The molecule has 0 bridgehead atoms. The Labute approximate surface area is 67.5 Å². The first-order valence-electron chi connectivity index (χ1n) is 4.08.